The highest BCUT2D eigenvalue weighted by atomic mass is 35.5. The lowest BCUT2D eigenvalue weighted by atomic mass is 10.1. The normalized spacial score (nSPS) is 16.0. The van der Waals surface area contributed by atoms with Crippen LogP contribution < -0.4 is 4.90 Å². The largest absolute Gasteiger partial charge is 0.492 e. The monoisotopic (exact) mass is 477 g/mol. The number of rotatable bonds is 9. The van der Waals surface area contributed by atoms with Gasteiger partial charge in [0.15, 0.2) is 12.0 Å². The third-order valence-electron chi connectivity index (χ3n) is 5.07. The summed E-state index contributed by atoms with van der Waals surface area (Å²) in [6, 6.07) is 2.50. The van der Waals surface area contributed by atoms with Gasteiger partial charge in [-0.25, -0.2) is 8.78 Å². The number of anilines is 1. The smallest absolute Gasteiger partial charge is 0.171 e. The number of ether oxygens (including phenoxy) is 2. The molecule has 0 aromatic carbocycles. The van der Waals surface area contributed by atoms with Crippen molar-refractivity contribution in [1.82, 2.24) is 9.97 Å². The maximum Gasteiger partial charge on any atom is 0.171 e. The summed E-state index contributed by atoms with van der Waals surface area (Å²) < 4.78 is 38.2. The molecule has 0 saturated heterocycles. The molecule has 0 aliphatic carbocycles. The van der Waals surface area contributed by atoms with Gasteiger partial charge in [0.2, 0.25) is 0 Å². The Morgan fingerprint density at radius 1 is 1.24 bits per heavy atom. The van der Waals surface area contributed by atoms with Crippen molar-refractivity contribution in [3.8, 4) is 0 Å². The lowest BCUT2D eigenvalue weighted by Gasteiger charge is -2.35. The Labute approximate surface area is 196 Å². The van der Waals surface area contributed by atoms with Crippen molar-refractivity contribution in [3.63, 3.8) is 0 Å². The Balaban J connectivity index is 1.81. The molecule has 3 heterocycles. The highest BCUT2D eigenvalue weighted by Gasteiger charge is 2.30. The van der Waals surface area contributed by atoms with Crippen LogP contribution in [0.2, 0.25) is 0 Å². The Kier molecular flexibility index (Phi) is 8.05. The van der Waals surface area contributed by atoms with Crippen molar-refractivity contribution in [2.24, 2.45) is 0 Å². The van der Waals surface area contributed by atoms with Crippen LogP contribution in [0.5, 0.6) is 0 Å². The minimum atomic E-state index is -1.25. The number of nitrogens with zero attached hydrogens (tertiary/aromatic N) is 3. The van der Waals surface area contributed by atoms with Gasteiger partial charge in [-0.05, 0) is 31.9 Å². The Bertz CT molecular complexity index is 1100. The van der Waals surface area contributed by atoms with Crippen LogP contribution >= 0.6 is 11.6 Å². The summed E-state index contributed by atoms with van der Waals surface area (Å²) >= 11 is 6.40. The van der Waals surface area contributed by atoms with Crippen LogP contribution in [-0.2, 0) is 16.1 Å². The van der Waals surface area contributed by atoms with E-state index in [0.717, 1.165) is 30.7 Å². The van der Waals surface area contributed by atoms with E-state index in [9.17, 15) is 13.9 Å². The topological polar surface area (TPSA) is 67.7 Å². The van der Waals surface area contributed by atoms with Crippen molar-refractivity contribution in [2.75, 3.05) is 11.5 Å². The van der Waals surface area contributed by atoms with Gasteiger partial charge in [-0.2, -0.15) is 0 Å². The third-order valence-corrected chi connectivity index (χ3v) is 5.45. The second-order valence-electron chi connectivity index (χ2n) is 7.59. The zero-order valence-corrected chi connectivity index (χ0v) is 19.5. The van der Waals surface area contributed by atoms with Crippen LogP contribution in [0.25, 0.3) is 5.76 Å². The number of aliphatic hydroxyl groups is 1. The molecule has 1 unspecified atom stereocenters. The van der Waals surface area contributed by atoms with E-state index in [1.807, 2.05) is 6.92 Å². The summed E-state index contributed by atoms with van der Waals surface area (Å²) in [5, 5.41) is 11.0. The van der Waals surface area contributed by atoms with Gasteiger partial charge in [0.25, 0.3) is 0 Å². The number of allylic oxidation sites excluding steroid dienone is 2. The van der Waals surface area contributed by atoms with Gasteiger partial charge >= 0.3 is 0 Å². The predicted octanol–water partition coefficient (Wildman–Crippen LogP) is 5.56. The molecule has 0 amide bonds. The molecule has 2 aromatic rings. The van der Waals surface area contributed by atoms with Gasteiger partial charge in [0.1, 0.15) is 40.4 Å². The Hall–Kier alpha value is -2.97. The number of pyridine rings is 2. The first-order valence-electron chi connectivity index (χ1n) is 10.5. The molecule has 1 aliphatic rings. The van der Waals surface area contributed by atoms with Crippen molar-refractivity contribution in [2.45, 2.75) is 46.4 Å². The average molecular weight is 478 g/mol. The fourth-order valence-corrected chi connectivity index (χ4v) is 3.43. The van der Waals surface area contributed by atoms with E-state index in [1.54, 1.807) is 30.2 Å². The van der Waals surface area contributed by atoms with Crippen molar-refractivity contribution in [1.29, 1.82) is 0 Å². The summed E-state index contributed by atoms with van der Waals surface area (Å²) in [6.07, 6.45) is 4.86. The maximum absolute atomic E-state index is 13.9. The van der Waals surface area contributed by atoms with E-state index < -0.39 is 17.9 Å². The molecule has 0 saturated carbocycles. The minimum Gasteiger partial charge on any atom is -0.492 e. The summed E-state index contributed by atoms with van der Waals surface area (Å²) in [6.45, 7) is 9.93. The van der Waals surface area contributed by atoms with Gasteiger partial charge in [0.05, 0.1) is 18.5 Å². The first kappa shape index (κ1) is 24.7. The maximum atomic E-state index is 13.9. The zero-order valence-electron chi connectivity index (χ0n) is 18.7. The Morgan fingerprint density at radius 3 is 2.70 bits per heavy atom. The molecule has 3 rings (SSSR count). The molecule has 2 aromatic heterocycles. The van der Waals surface area contributed by atoms with E-state index in [-0.39, 0.29) is 23.1 Å². The number of halogens is 3. The van der Waals surface area contributed by atoms with Crippen molar-refractivity contribution in [3.05, 3.63) is 82.3 Å². The average Bonchev–Trinajstić information content (AvgIpc) is 2.77. The molecule has 33 heavy (non-hydrogen) atoms. The van der Waals surface area contributed by atoms with E-state index in [1.165, 1.54) is 0 Å². The standard InChI is InChI=1S/C24H26ClF2N3O3/c1-5-6-7-32-16(4)19-10-21(14(2)11-28-19)30-15(3)8-22(23(25)24(30)31)33-13-20-18(27)9-17(26)12-29-20/h8-12,24,31H,4-7,13H2,1-3H3. The number of aryl methyl sites for hydroxylation is 1. The highest BCUT2D eigenvalue weighted by Crippen LogP contribution is 2.35. The molecular weight excluding hydrogens is 452 g/mol. The summed E-state index contributed by atoms with van der Waals surface area (Å²) in [5.41, 5.74) is 2.58. The number of aromatic nitrogens is 2. The molecule has 0 radical (unpaired) electrons. The SMILES string of the molecule is C=C(OCCCC)c1cc(N2C(C)=CC(OCc3ncc(F)cc3F)=C(Cl)C2O)c(C)cn1. The molecular formula is C24H26ClF2N3O3. The van der Waals surface area contributed by atoms with Crippen molar-refractivity contribution < 1.29 is 23.4 Å². The summed E-state index contributed by atoms with van der Waals surface area (Å²) in [5.74, 6) is -0.995. The fraction of sp³-hybridized carbons (Fsp3) is 0.333. The van der Waals surface area contributed by atoms with Crippen LogP contribution in [-0.4, -0.2) is 27.9 Å². The first-order valence-corrected chi connectivity index (χ1v) is 10.9. The van der Waals surface area contributed by atoms with E-state index in [2.05, 4.69) is 23.5 Å². The second-order valence-corrected chi connectivity index (χ2v) is 8.00. The van der Waals surface area contributed by atoms with E-state index in [4.69, 9.17) is 21.1 Å². The Morgan fingerprint density at radius 2 is 2.00 bits per heavy atom. The molecule has 0 bridgehead atoms. The van der Waals surface area contributed by atoms with Crippen LogP contribution in [0.1, 0.15) is 43.6 Å². The minimum absolute atomic E-state index is 0.0129. The van der Waals surface area contributed by atoms with Gasteiger partial charge in [-0.1, -0.05) is 31.5 Å². The fourth-order valence-electron chi connectivity index (χ4n) is 3.23. The number of hydrogen-bond donors (Lipinski definition) is 1. The number of unbranched alkanes of at least 4 members (excludes halogenated alkanes) is 1. The number of aliphatic hydroxyl groups excluding tert-OH is 1. The molecule has 0 spiro atoms. The quantitative estimate of drug-likeness (QED) is 0.376. The molecule has 6 nitrogen and oxygen atoms in total. The van der Waals surface area contributed by atoms with Crippen molar-refractivity contribution >= 4 is 23.0 Å². The van der Waals surface area contributed by atoms with Crippen LogP contribution in [0.15, 0.2) is 53.7 Å². The molecule has 1 atom stereocenters. The van der Waals surface area contributed by atoms with Gasteiger partial charge in [-0.15, -0.1) is 0 Å². The number of hydrogen-bond acceptors (Lipinski definition) is 6. The molecule has 1 aliphatic heterocycles. The van der Waals surface area contributed by atoms with E-state index >= 15 is 0 Å². The van der Waals surface area contributed by atoms with Crippen LogP contribution in [0.3, 0.4) is 0 Å². The summed E-state index contributed by atoms with van der Waals surface area (Å²) in [7, 11) is 0. The zero-order chi connectivity index (χ0) is 24.1. The molecule has 176 valence electrons. The lowest BCUT2D eigenvalue weighted by Crippen LogP contribution is -2.37. The summed E-state index contributed by atoms with van der Waals surface area (Å²) in [4.78, 5) is 9.70. The highest BCUT2D eigenvalue weighted by molar-refractivity contribution is 6.31. The van der Waals surface area contributed by atoms with Crippen LogP contribution in [0.4, 0.5) is 14.5 Å². The van der Waals surface area contributed by atoms with Gasteiger partial charge < -0.3 is 19.5 Å². The van der Waals surface area contributed by atoms with Crippen LogP contribution in [0, 0.1) is 18.6 Å². The first-order chi connectivity index (χ1) is 15.7. The lowest BCUT2D eigenvalue weighted by molar-refractivity contribution is 0.173. The molecule has 1 N–H and O–H groups in total. The third kappa shape index (κ3) is 5.69. The molecule has 0 fully saturated rings. The van der Waals surface area contributed by atoms with Gasteiger partial charge in [0, 0.05) is 24.0 Å². The second kappa shape index (κ2) is 10.8. The van der Waals surface area contributed by atoms with E-state index in [0.29, 0.717) is 29.4 Å². The molecule has 9 heteroatoms. The van der Waals surface area contributed by atoms with Gasteiger partial charge in [-0.3, -0.25) is 9.97 Å². The predicted molar refractivity (Wildman–Crippen MR) is 123 cm³/mol.